The minimum absolute atomic E-state index is 0.113. The van der Waals surface area contributed by atoms with Gasteiger partial charge >= 0.3 is 5.97 Å². The Balaban J connectivity index is 1.56. The molecule has 1 amide bonds. The number of halogens is 1. The molecule has 9 nitrogen and oxygen atoms in total. The fourth-order valence-corrected chi connectivity index (χ4v) is 2.64. The zero-order valence-corrected chi connectivity index (χ0v) is 16.8. The Morgan fingerprint density at radius 3 is 2.40 bits per heavy atom. The monoisotopic (exact) mass is 468 g/mol. The van der Waals surface area contributed by atoms with Gasteiger partial charge in [0.05, 0.1) is 22.3 Å². The van der Waals surface area contributed by atoms with Crippen LogP contribution in [-0.2, 0) is 0 Å². The number of benzene rings is 2. The third-order valence-electron chi connectivity index (χ3n) is 3.75. The molecule has 0 radical (unpaired) electrons. The number of hydrazone groups is 1. The van der Waals surface area contributed by atoms with Crippen LogP contribution in [0.15, 0.2) is 76.6 Å². The van der Waals surface area contributed by atoms with Crippen LogP contribution in [0.3, 0.4) is 0 Å². The van der Waals surface area contributed by atoms with E-state index >= 15 is 0 Å². The van der Waals surface area contributed by atoms with Gasteiger partial charge in [0.1, 0.15) is 5.75 Å². The number of hydrogen-bond donors (Lipinski definition) is 1. The largest absolute Gasteiger partial charge is 0.423 e. The number of carbonyl (C=O) groups excluding carboxylic acids is 2. The molecule has 2 aromatic carbocycles. The Bertz CT molecular complexity index is 1110. The topological polar surface area (TPSA) is 124 Å². The van der Waals surface area contributed by atoms with E-state index in [0.717, 1.165) is 0 Å². The van der Waals surface area contributed by atoms with Crippen LogP contribution in [0.1, 0.15) is 26.3 Å². The van der Waals surface area contributed by atoms with E-state index in [0.29, 0.717) is 21.3 Å². The number of nitrogens with one attached hydrogen (secondary N) is 1. The highest BCUT2D eigenvalue weighted by atomic mass is 79.9. The van der Waals surface area contributed by atoms with Gasteiger partial charge in [-0.1, -0.05) is 0 Å². The second-order valence-corrected chi connectivity index (χ2v) is 6.77. The summed E-state index contributed by atoms with van der Waals surface area (Å²) in [5.41, 5.74) is 3.49. The molecule has 0 aliphatic heterocycles. The highest BCUT2D eigenvalue weighted by Crippen LogP contribution is 2.16. The smallest absolute Gasteiger partial charge is 0.343 e. The number of hydrogen-bond acceptors (Lipinski definition) is 7. The number of aromatic nitrogens is 1. The number of non-ortho nitro benzene ring substituents is 1. The average molecular weight is 469 g/mol. The summed E-state index contributed by atoms with van der Waals surface area (Å²) in [6.45, 7) is 0. The molecular weight excluding hydrogens is 456 g/mol. The molecule has 3 rings (SSSR count). The van der Waals surface area contributed by atoms with Gasteiger partial charge in [-0.2, -0.15) is 5.10 Å². The summed E-state index contributed by atoms with van der Waals surface area (Å²) in [6, 6.07) is 13.1. The predicted molar refractivity (Wildman–Crippen MR) is 111 cm³/mol. The predicted octanol–water partition coefficient (Wildman–Crippen LogP) is 3.74. The van der Waals surface area contributed by atoms with Crippen LogP contribution in [0.2, 0.25) is 0 Å². The van der Waals surface area contributed by atoms with Crippen LogP contribution in [0, 0.1) is 10.1 Å². The van der Waals surface area contributed by atoms with E-state index in [1.165, 1.54) is 36.7 Å². The molecule has 0 aliphatic carbocycles. The summed E-state index contributed by atoms with van der Waals surface area (Å²) in [7, 11) is 0. The SMILES string of the molecule is O=C(N/N=C/c1ccc(OC(=O)c2ccc([N+](=O)[O-])cc2)cc1)c1cncc(Br)c1. The van der Waals surface area contributed by atoms with E-state index in [9.17, 15) is 19.7 Å². The van der Waals surface area contributed by atoms with E-state index in [-0.39, 0.29) is 11.3 Å². The van der Waals surface area contributed by atoms with E-state index in [2.05, 4.69) is 31.4 Å². The van der Waals surface area contributed by atoms with Gasteiger partial charge < -0.3 is 4.74 Å². The lowest BCUT2D eigenvalue weighted by atomic mass is 10.2. The van der Waals surface area contributed by atoms with E-state index in [4.69, 9.17) is 4.74 Å². The number of rotatable bonds is 6. The lowest BCUT2D eigenvalue weighted by Gasteiger charge is -2.04. The summed E-state index contributed by atoms with van der Waals surface area (Å²) in [5, 5.41) is 14.5. The third kappa shape index (κ3) is 5.55. The second kappa shape index (κ2) is 9.52. The van der Waals surface area contributed by atoms with Crippen molar-refractivity contribution in [3.63, 3.8) is 0 Å². The maximum atomic E-state index is 12.1. The molecule has 0 bridgehead atoms. The average Bonchev–Trinajstić information content (AvgIpc) is 2.75. The zero-order valence-electron chi connectivity index (χ0n) is 15.2. The minimum Gasteiger partial charge on any atom is -0.423 e. The molecule has 3 aromatic rings. The lowest BCUT2D eigenvalue weighted by molar-refractivity contribution is -0.384. The number of esters is 1. The van der Waals surface area contributed by atoms with Gasteiger partial charge in [0.2, 0.25) is 0 Å². The first-order chi connectivity index (χ1) is 14.4. The van der Waals surface area contributed by atoms with Crippen molar-refractivity contribution in [3.05, 3.63) is 98.3 Å². The number of ether oxygens (including phenoxy) is 1. The number of carbonyl (C=O) groups is 2. The molecular formula is C20H13BrN4O5. The highest BCUT2D eigenvalue weighted by molar-refractivity contribution is 9.10. The number of amides is 1. The summed E-state index contributed by atoms with van der Waals surface area (Å²) in [5.74, 6) is -0.755. The first-order valence-corrected chi connectivity index (χ1v) is 9.22. The number of pyridine rings is 1. The first kappa shape index (κ1) is 20.8. The fraction of sp³-hybridized carbons (Fsp3) is 0. The van der Waals surface area contributed by atoms with Gasteiger partial charge in [0, 0.05) is 29.0 Å². The van der Waals surface area contributed by atoms with E-state index in [1.807, 2.05) is 0 Å². The van der Waals surface area contributed by atoms with E-state index in [1.54, 1.807) is 36.5 Å². The first-order valence-electron chi connectivity index (χ1n) is 8.43. The van der Waals surface area contributed by atoms with Gasteiger partial charge in [0.15, 0.2) is 0 Å². The summed E-state index contributed by atoms with van der Waals surface area (Å²) >= 11 is 3.24. The molecule has 1 N–H and O–H groups in total. The summed E-state index contributed by atoms with van der Waals surface area (Å²) in [4.78, 5) is 38.1. The number of nitro benzene ring substituents is 1. The zero-order chi connectivity index (χ0) is 21.5. The normalized spacial score (nSPS) is 10.6. The lowest BCUT2D eigenvalue weighted by Crippen LogP contribution is -2.17. The minimum atomic E-state index is -0.638. The molecule has 0 saturated heterocycles. The maximum Gasteiger partial charge on any atom is 0.343 e. The van der Waals surface area contributed by atoms with Crippen molar-refractivity contribution < 1.29 is 19.2 Å². The quantitative estimate of drug-likeness (QED) is 0.193. The van der Waals surface area contributed by atoms with Crippen LogP contribution in [0.25, 0.3) is 0 Å². The second-order valence-electron chi connectivity index (χ2n) is 5.85. The van der Waals surface area contributed by atoms with Crippen molar-refractivity contribution in [2.45, 2.75) is 0 Å². The van der Waals surface area contributed by atoms with Crippen molar-refractivity contribution in [2.24, 2.45) is 5.10 Å². The van der Waals surface area contributed by atoms with Gasteiger partial charge in [0.25, 0.3) is 11.6 Å². The molecule has 10 heteroatoms. The molecule has 0 saturated carbocycles. The van der Waals surface area contributed by atoms with Crippen molar-refractivity contribution in [1.29, 1.82) is 0 Å². The fourth-order valence-electron chi connectivity index (χ4n) is 2.27. The van der Waals surface area contributed by atoms with Crippen molar-refractivity contribution >= 4 is 39.7 Å². The molecule has 0 aliphatic rings. The molecule has 1 heterocycles. The standard InChI is InChI=1S/C20H13BrN4O5/c21-16-9-15(11-22-12-16)19(26)24-23-10-13-1-7-18(8-2-13)30-20(27)14-3-5-17(6-4-14)25(28)29/h1-12H,(H,24,26)/b23-10+. The van der Waals surface area contributed by atoms with Crippen LogP contribution in [-0.4, -0.2) is 28.0 Å². The molecule has 0 unspecified atom stereocenters. The van der Waals surface area contributed by atoms with Crippen LogP contribution >= 0.6 is 15.9 Å². The highest BCUT2D eigenvalue weighted by Gasteiger charge is 2.11. The van der Waals surface area contributed by atoms with Crippen molar-refractivity contribution in [2.75, 3.05) is 0 Å². The van der Waals surface area contributed by atoms with Crippen molar-refractivity contribution in [1.82, 2.24) is 10.4 Å². The Kier molecular flexibility index (Phi) is 6.60. The molecule has 0 fully saturated rings. The molecule has 1 aromatic heterocycles. The molecule has 30 heavy (non-hydrogen) atoms. The van der Waals surface area contributed by atoms with Crippen LogP contribution < -0.4 is 10.2 Å². The molecule has 150 valence electrons. The van der Waals surface area contributed by atoms with E-state index < -0.39 is 16.8 Å². The number of nitrogens with zero attached hydrogens (tertiary/aromatic N) is 3. The third-order valence-corrected chi connectivity index (χ3v) is 4.18. The van der Waals surface area contributed by atoms with Gasteiger partial charge in [-0.3, -0.25) is 19.9 Å². The van der Waals surface area contributed by atoms with Crippen LogP contribution in [0.4, 0.5) is 5.69 Å². The molecule has 0 spiro atoms. The maximum absolute atomic E-state index is 12.1. The Hall–Kier alpha value is -3.92. The summed E-state index contributed by atoms with van der Waals surface area (Å²) < 4.78 is 5.91. The van der Waals surface area contributed by atoms with Gasteiger partial charge in [-0.05, 0) is 64.0 Å². The Morgan fingerprint density at radius 2 is 1.77 bits per heavy atom. The summed E-state index contributed by atoms with van der Waals surface area (Å²) in [6.07, 6.45) is 4.42. The van der Waals surface area contributed by atoms with Gasteiger partial charge in [-0.15, -0.1) is 0 Å². The Morgan fingerprint density at radius 1 is 1.07 bits per heavy atom. The molecule has 0 atom stereocenters. The Labute approximate surface area is 178 Å². The number of nitro groups is 1. The van der Waals surface area contributed by atoms with Crippen molar-refractivity contribution in [3.8, 4) is 5.75 Å². The van der Waals surface area contributed by atoms with Crippen LogP contribution in [0.5, 0.6) is 5.75 Å². The van der Waals surface area contributed by atoms with Gasteiger partial charge in [-0.25, -0.2) is 10.2 Å².